The van der Waals surface area contributed by atoms with Crippen LogP contribution in [0.3, 0.4) is 0 Å². The van der Waals surface area contributed by atoms with Crippen LogP contribution in [0.5, 0.6) is 0 Å². The summed E-state index contributed by atoms with van der Waals surface area (Å²) >= 11 is 6.51. The van der Waals surface area contributed by atoms with Crippen LogP contribution < -0.4 is 11.1 Å². The Balaban J connectivity index is 1.95. The zero-order valence-corrected chi connectivity index (χ0v) is 11.5. The SMILES string of the molecule is CCc1cnc(CNc2cnc(C(N)=S)cn2)s1. The molecule has 2 aromatic heterocycles. The summed E-state index contributed by atoms with van der Waals surface area (Å²) in [5, 5.41) is 4.19. The van der Waals surface area contributed by atoms with Gasteiger partial charge in [-0.05, 0) is 6.42 Å². The molecule has 0 amide bonds. The van der Waals surface area contributed by atoms with Gasteiger partial charge < -0.3 is 11.1 Å². The molecule has 0 atom stereocenters. The Kier molecular flexibility index (Phi) is 4.16. The van der Waals surface area contributed by atoms with E-state index in [1.54, 1.807) is 23.7 Å². The fourth-order valence-electron chi connectivity index (χ4n) is 1.31. The van der Waals surface area contributed by atoms with E-state index in [9.17, 15) is 0 Å². The van der Waals surface area contributed by atoms with Crippen molar-refractivity contribution in [2.45, 2.75) is 19.9 Å². The molecule has 0 aliphatic carbocycles. The number of aromatic nitrogens is 3. The van der Waals surface area contributed by atoms with E-state index in [4.69, 9.17) is 18.0 Å². The summed E-state index contributed by atoms with van der Waals surface area (Å²) in [6.07, 6.45) is 6.09. The lowest BCUT2D eigenvalue weighted by Crippen LogP contribution is -2.12. The maximum Gasteiger partial charge on any atom is 0.144 e. The van der Waals surface area contributed by atoms with Crippen molar-refractivity contribution in [2.24, 2.45) is 5.73 Å². The summed E-state index contributed by atoms with van der Waals surface area (Å²) in [7, 11) is 0. The van der Waals surface area contributed by atoms with E-state index in [1.807, 2.05) is 6.20 Å². The Morgan fingerprint density at radius 3 is 2.72 bits per heavy atom. The molecule has 7 heteroatoms. The number of thiocarbonyl (C=S) groups is 1. The molecule has 5 nitrogen and oxygen atoms in total. The molecule has 0 saturated heterocycles. The molecule has 0 bridgehead atoms. The largest absolute Gasteiger partial charge is 0.388 e. The van der Waals surface area contributed by atoms with Crippen molar-refractivity contribution in [3.63, 3.8) is 0 Å². The third kappa shape index (κ3) is 3.21. The Bertz CT molecular complexity index is 535. The zero-order chi connectivity index (χ0) is 13.0. The van der Waals surface area contributed by atoms with Crippen LogP contribution in [0.25, 0.3) is 0 Å². The summed E-state index contributed by atoms with van der Waals surface area (Å²) in [5.41, 5.74) is 5.97. The third-order valence-corrected chi connectivity index (χ3v) is 3.63. The summed E-state index contributed by atoms with van der Waals surface area (Å²) < 4.78 is 0. The topological polar surface area (TPSA) is 76.7 Å². The number of nitrogens with two attached hydrogens (primary N) is 1. The van der Waals surface area contributed by atoms with E-state index in [2.05, 4.69) is 27.2 Å². The number of nitrogens with zero attached hydrogens (tertiary/aromatic N) is 3. The Morgan fingerprint density at radius 2 is 2.17 bits per heavy atom. The van der Waals surface area contributed by atoms with Crippen molar-refractivity contribution >= 4 is 34.4 Å². The van der Waals surface area contributed by atoms with Gasteiger partial charge in [-0.25, -0.2) is 15.0 Å². The molecule has 0 saturated carbocycles. The van der Waals surface area contributed by atoms with Gasteiger partial charge in [-0.2, -0.15) is 0 Å². The van der Waals surface area contributed by atoms with E-state index in [1.165, 1.54) is 4.88 Å². The maximum atomic E-state index is 5.45. The smallest absolute Gasteiger partial charge is 0.144 e. The number of aryl methyl sites for hydroxylation is 1. The van der Waals surface area contributed by atoms with Crippen LogP contribution in [-0.4, -0.2) is 19.9 Å². The molecule has 0 unspecified atom stereocenters. The Labute approximate surface area is 114 Å². The first-order chi connectivity index (χ1) is 8.69. The number of nitrogens with one attached hydrogen (secondary N) is 1. The number of anilines is 1. The molecule has 18 heavy (non-hydrogen) atoms. The van der Waals surface area contributed by atoms with Gasteiger partial charge in [0.1, 0.15) is 21.5 Å². The van der Waals surface area contributed by atoms with Crippen LogP contribution in [-0.2, 0) is 13.0 Å². The van der Waals surface area contributed by atoms with E-state index in [0.717, 1.165) is 11.4 Å². The van der Waals surface area contributed by atoms with E-state index < -0.39 is 0 Å². The van der Waals surface area contributed by atoms with E-state index in [-0.39, 0.29) is 4.99 Å². The maximum absolute atomic E-state index is 5.45. The highest BCUT2D eigenvalue weighted by Crippen LogP contribution is 2.14. The van der Waals surface area contributed by atoms with Crippen LogP contribution in [0.15, 0.2) is 18.6 Å². The fourth-order valence-corrected chi connectivity index (χ4v) is 2.21. The lowest BCUT2D eigenvalue weighted by Gasteiger charge is -2.03. The van der Waals surface area contributed by atoms with Gasteiger partial charge in [0, 0.05) is 11.1 Å². The van der Waals surface area contributed by atoms with Crippen molar-refractivity contribution < 1.29 is 0 Å². The normalized spacial score (nSPS) is 10.3. The van der Waals surface area contributed by atoms with Gasteiger partial charge in [0.2, 0.25) is 0 Å². The first-order valence-electron chi connectivity index (χ1n) is 5.48. The number of hydrogen-bond acceptors (Lipinski definition) is 6. The second-order valence-electron chi connectivity index (χ2n) is 3.58. The highest BCUT2D eigenvalue weighted by atomic mass is 32.1. The molecule has 0 aliphatic rings. The molecular formula is C11H13N5S2. The van der Waals surface area contributed by atoms with Crippen molar-refractivity contribution in [1.29, 1.82) is 0 Å². The molecule has 0 spiro atoms. The summed E-state index contributed by atoms with van der Waals surface area (Å²) in [6, 6.07) is 0. The van der Waals surface area contributed by atoms with Crippen LogP contribution >= 0.6 is 23.6 Å². The summed E-state index contributed by atoms with van der Waals surface area (Å²) in [5.74, 6) is 0.684. The van der Waals surface area contributed by atoms with E-state index in [0.29, 0.717) is 18.1 Å². The van der Waals surface area contributed by atoms with Crippen molar-refractivity contribution in [3.05, 3.63) is 34.2 Å². The predicted molar refractivity (Wildman–Crippen MR) is 76.7 cm³/mol. The lowest BCUT2D eigenvalue weighted by atomic mass is 10.4. The quantitative estimate of drug-likeness (QED) is 0.812. The standard InChI is InChI=1S/C11H13N5S2/c1-2-7-3-16-10(18-7)6-15-9-5-13-8(4-14-9)11(12)17/h3-5H,2,6H2,1H3,(H2,12,17)(H,14,15). The number of hydrogen-bond donors (Lipinski definition) is 2. The summed E-state index contributed by atoms with van der Waals surface area (Å²) in [4.78, 5) is 14.1. The predicted octanol–water partition coefficient (Wildman–Crippen LogP) is 1.74. The lowest BCUT2D eigenvalue weighted by molar-refractivity contribution is 1.06. The van der Waals surface area contributed by atoms with Gasteiger partial charge in [0.15, 0.2) is 0 Å². The average molecular weight is 279 g/mol. The molecule has 0 radical (unpaired) electrons. The molecule has 2 heterocycles. The van der Waals surface area contributed by atoms with Gasteiger partial charge in [0.25, 0.3) is 0 Å². The molecule has 94 valence electrons. The first-order valence-corrected chi connectivity index (χ1v) is 6.71. The minimum atomic E-state index is 0.251. The fraction of sp³-hybridized carbons (Fsp3) is 0.273. The summed E-state index contributed by atoms with van der Waals surface area (Å²) in [6.45, 7) is 2.76. The van der Waals surface area contributed by atoms with Gasteiger partial charge in [-0.1, -0.05) is 19.1 Å². The Morgan fingerprint density at radius 1 is 1.33 bits per heavy atom. The van der Waals surface area contributed by atoms with Gasteiger partial charge in [-0.3, -0.25) is 0 Å². The second-order valence-corrected chi connectivity index (χ2v) is 5.22. The Hall–Kier alpha value is -1.60. The van der Waals surface area contributed by atoms with Crippen molar-refractivity contribution in [2.75, 3.05) is 5.32 Å². The van der Waals surface area contributed by atoms with Gasteiger partial charge in [-0.15, -0.1) is 11.3 Å². The highest BCUT2D eigenvalue weighted by Gasteiger charge is 2.02. The number of thiazole rings is 1. The first kappa shape index (κ1) is 12.8. The molecule has 0 aromatic carbocycles. The minimum absolute atomic E-state index is 0.251. The van der Waals surface area contributed by atoms with Crippen molar-refractivity contribution in [1.82, 2.24) is 15.0 Å². The van der Waals surface area contributed by atoms with Crippen LogP contribution in [0.4, 0.5) is 5.82 Å². The van der Waals surface area contributed by atoms with E-state index >= 15 is 0 Å². The second kappa shape index (κ2) is 5.83. The average Bonchev–Trinajstić information content (AvgIpc) is 2.85. The molecule has 3 N–H and O–H groups in total. The monoisotopic (exact) mass is 279 g/mol. The van der Waals surface area contributed by atoms with Gasteiger partial charge in [0.05, 0.1) is 18.9 Å². The highest BCUT2D eigenvalue weighted by molar-refractivity contribution is 7.80. The van der Waals surface area contributed by atoms with Crippen LogP contribution in [0.2, 0.25) is 0 Å². The molecule has 0 fully saturated rings. The van der Waals surface area contributed by atoms with Gasteiger partial charge >= 0.3 is 0 Å². The third-order valence-electron chi connectivity index (χ3n) is 2.27. The number of rotatable bonds is 5. The van der Waals surface area contributed by atoms with Crippen LogP contribution in [0, 0.1) is 0 Å². The zero-order valence-electron chi connectivity index (χ0n) is 9.88. The molecule has 0 aliphatic heterocycles. The molecular weight excluding hydrogens is 266 g/mol. The van der Waals surface area contributed by atoms with Crippen LogP contribution in [0.1, 0.15) is 22.5 Å². The van der Waals surface area contributed by atoms with Crippen molar-refractivity contribution in [3.8, 4) is 0 Å². The minimum Gasteiger partial charge on any atom is -0.388 e. The molecule has 2 rings (SSSR count). The molecule has 2 aromatic rings.